The molecule has 0 amide bonds. The Balaban J connectivity index is 1.46. The van der Waals surface area contributed by atoms with Crippen LogP contribution in [0.1, 0.15) is 25.3 Å². The van der Waals surface area contributed by atoms with Gasteiger partial charge in [0.1, 0.15) is 0 Å². The molecule has 0 spiro atoms. The van der Waals surface area contributed by atoms with Gasteiger partial charge in [-0.3, -0.25) is 9.67 Å². The molecule has 1 aromatic carbocycles. The minimum absolute atomic E-state index is 0.469. The van der Waals surface area contributed by atoms with Gasteiger partial charge in [-0.1, -0.05) is 12.1 Å². The van der Waals surface area contributed by atoms with E-state index >= 15 is 0 Å². The van der Waals surface area contributed by atoms with Crippen molar-refractivity contribution >= 4 is 11.0 Å². The number of fused-ring (bicyclic) bond motifs is 1. The van der Waals surface area contributed by atoms with Crippen LogP contribution in [0.15, 0.2) is 42.9 Å². The van der Waals surface area contributed by atoms with Gasteiger partial charge in [0.15, 0.2) is 0 Å². The zero-order valence-electron chi connectivity index (χ0n) is 14.4. The number of nitrogens with zero attached hydrogens (tertiary/aromatic N) is 5. The lowest BCUT2D eigenvalue weighted by Gasteiger charge is -2.31. The summed E-state index contributed by atoms with van der Waals surface area (Å²) >= 11 is 0. The minimum Gasteiger partial charge on any atom is -0.330 e. The minimum atomic E-state index is 0.469. The molecule has 6 heteroatoms. The zero-order valence-corrected chi connectivity index (χ0v) is 14.4. The largest absolute Gasteiger partial charge is 0.330 e. The molecule has 0 radical (unpaired) electrons. The Labute approximate surface area is 147 Å². The van der Waals surface area contributed by atoms with E-state index in [0.717, 1.165) is 67.7 Å². The number of piperidine rings is 1. The van der Waals surface area contributed by atoms with Gasteiger partial charge in [0.25, 0.3) is 0 Å². The Hall–Kier alpha value is -2.31. The Morgan fingerprint density at radius 1 is 1.08 bits per heavy atom. The van der Waals surface area contributed by atoms with E-state index in [1.165, 1.54) is 0 Å². The number of hydrogen-bond donors (Lipinski definition) is 1. The van der Waals surface area contributed by atoms with Crippen LogP contribution in [0, 0.1) is 0 Å². The fraction of sp³-hybridized carbons (Fsp3) is 0.421. The Kier molecular flexibility index (Phi) is 4.72. The van der Waals surface area contributed by atoms with Crippen molar-refractivity contribution < 1.29 is 0 Å². The lowest BCUT2D eigenvalue weighted by atomic mass is 10.1. The molecule has 25 heavy (non-hydrogen) atoms. The molecular weight excluding hydrogens is 312 g/mol. The maximum Gasteiger partial charge on any atom is 0.0924 e. The monoisotopic (exact) mass is 336 g/mol. The van der Waals surface area contributed by atoms with Crippen molar-refractivity contribution in [3.05, 3.63) is 42.9 Å². The van der Waals surface area contributed by atoms with Crippen LogP contribution in [0.2, 0.25) is 0 Å². The third kappa shape index (κ3) is 3.55. The number of likely N-dealkylation sites (tertiary alicyclic amines) is 1. The van der Waals surface area contributed by atoms with Crippen molar-refractivity contribution in [2.24, 2.45) is 5.73 Å². The molecule has 1 aliphatic heterocycles. The second-order valence-corrected chi connectivity index (χ2v) is 6.67. The van der Waals surface area contributed by atoms with Gasteiger partial charge in [0.05, 0.1) is 35.2 Å². The van der Waals surface area contributed by atoms with E-state index in [1.54, 1.807) is 0 Å². The first kappa shape index (κ1) is 16.2. The Morgan fingerprint density at radius 3 is 2.68 bits per heavy atom. The normalized spacial score (nSPS) is 16.5. The molecule has 0 bridgehead atoms. The summed E-state index contributed by atoms with van der Waals surface area (Å²) < 4.78 is 2.10. The highest BCUT2D eigenvalue weighted by atomic mass is 15.3. The molecule has 0 saturated carbocycles. The van der Waals surface area contributed by atoms with Crippen molar-refractivity contribution in [1.82, 2.24) is 24.6 Å². The number of hydrogen-bond acceptors (Lipinski definition) is 5. The van der Waals surface area contributed by atoms with Crippen LogP contribution < -0.4 is 5.73 Å². The molecule has 0 unspecified atom stereocenters. The summed E-state index contributed by atoms with van der Waals surface area (Å²) in [7, 11) is 0. The lowest BCUT2D eigenvalue weighted by molar-refractivity contribution is 0.179. The summed E-state index contributed by atoms with van der Waals surface area (Å²) in [6.45, 7) is 4.13. The fourth-order valence-electron chi connectivity index (χ4n) is 3.49. The first-order valence-corrected chi connectivity index (χ1v) is 9.02. The average Bonchev–Trinajstić information content (AvgIpc) is 3.16. The Morgan fingerprint density at radius 2 is 1.88 bits per heavy atom. The molecule has 0 atom stereocenters. The lowest BCUT2D eigenvalue weighted by Crippen LogP contribution is -2.36. The molecule has 3 aromatic rings. The maximum absolute atomic E-state index is 5.60. The second kappa shape index (κ2) is 7.29. The van der Waals surface area contributed by atoms with E-state index in [1.807, 2.05) is 36.7 Å². The van der Waals surface area contributed by atoms with E-state index in [-0.39, 0.29) is 0 Å². The van der Waals surface area contributed by atoms with Crippen LogP contribution in [0.3, 0.4) is 0 Å². The summed E-state index contributed by atoms with van der Waals surface area (Å²) in [5, 5.41) is 4.59. The van der Waals surface area contributed by atoms with E-state index < -0.39 is 0 Å². The summed E-state index contributed by atoms with van der Waals surface area (Å²) in [6, 6.07) is 8.41. The van der Waals surface area contributed by atoms with Gasteiger partial charge < -0.3 is 10.6 Å². The van der Waals surface area contributed by atoms with Crippen molar-refractivity contribution in [3.63, 3.8) is 0 Å². The van der Waals surface area contributed by atoms with E-state index in [4.69, 9.17) is 10.7 Å². The van der Waals surface area contributed by atoms with Crippen LogP contribution in [-0.4, -0.2) is 50.8 Å². The quantitative estimate of drug-likeness (QED) is 0.775. The van der Waals surface area contributed by atoms with Crippen molar-refractivity contribution in [3.8, 4) is 11.3 Å². The molecule has 6 nitrogen and oxygen atoms in total. The molecule has 0 aliphatic carbocycles. The van der Waals surface area contributed by atoms with Crippen LogP contribution in [0.5, 0.6) is 0 Å². The predicted octanol–water partition coefficient (Wildman–Crippen LogP) is 2.48. The number of benzene rings is 1. The zero-order chi connectivity index (χ0) is 17.1. The molecule has 2 aromatic heterocycles. The molecule has 1 saturated heterocycles. The molecule has 130 valence electrons. The van der Waals surface area contributed by atoms with Crippen LogP contribution >= 0.6 is 0 Å². The molecule has 1 fully saturated rings. The van der Waals surface area contributed by atoms with Crippen molar-refractivity contribution in [1.29, 1.82) is 0 Å². The summed E-state index contributed by atoms with van der Waals surface area (Å²) in [5.74, 6) is 0. The smallest absolute Gasteiger partial charge is 0.0924 e. The number of nitrogens with two attached hydrogens (primary N) is 1. The Bertz CT molecular complexity index is 835. The average molecular weight is 336 g/mol. The van der Waals surface area contributed by atoms with Crippen LogP contribution in [0.4, 0.5) is 0 Å². The van der Waals surface area contributed by atoms with Gasteiger partial charge in [-0.25, -0.2) is 4.98 Å². The van der Waals surface area contributed by atoms with E-state index in [2.05, 4.69) is 25.9 Å². The molecule has 2 N–H and O–H groups in total. The van der Waals surface area contributed by atoms with Gasteiger partial charge >= 0.3 is 0 Å². The van der Waals surface area contributed by atoms with Crippen molar-refractivity contribution in [2.45, 2.75) is 25.3 Å². The number of rotatable bonds is 5. The van der Waals surface area contributed by atoms with Gasteiger partial charge in [-0.15, -0.1) is 0 Å². The summed E-state index contributed by atoms with van der Waals surface area (Å²) in [5.41, 5.74) is 9.35. The second-order valence-electron chi connectivity index (χ2n) is 6.67. The highest BCUT2D eigenvalue weighted by Gasteiger charge is 2.21. The maximum atomic E-state index is 5.60. The molecule has 3 heterocycles. The highest BCUT2D eigenvalue weighted by Crippen LogP contribution is 2.25. The SMILES string of the molecule is NCCCN1CCC(n2cc(-c3cnc4ccccc4n3)cn2)CC1. The van der Waals surface area contributed by atoms with Gasteiger partial charge in [0.2, 0.25) is 0 Å². The number of para-hydroxylation sites is 2. The van der Waals surface area contributed by atoms with Gasteiger partial charge in [-0.2, -0.15) is 5.10 Å². The standard InChI is InChI=1S/C19H24N6/c20-8-3-9-24-10-6-16(7-11-24)25-14-15(12-22-25)19-13-21-17-4-1-2-5-18(17)23-19/h1-2,4-5,12-14,16H,3,6-11,20H2. The van der Waals surface area contributed by atoms with Gasteiger partial charge in [-0.05, 0) is 44.5 Å². The summed E-state index contributed by atoms with van der Waals surface area (Å²) in [4.78, 5) is 11.7. The van der Waals surface area contributed by atoms with E-state index in [0.29, 0.717) is 6.04 Å². The third-order valence-electron chi connectivity index (χ3n) is 4.96. The van der Waals surface area contributed by atoms with Gasteiger partial charge in [0, 0.05) is 24.8 Å². The molecular formula is C19H24N6. The predicted molar refractivity (Wildman–Crippen MR) is 99.1 cm³/mol. The number of aromatic nitrogens is 4. The first-order valence-electron chi connectivity index (χ1n) is 9.02. The fourth-order valence-corrected chi connectivity index (χ4v) is 3.49. The van der Waals surface area contributed by atoms with Crippen molar-refractivity contribution in [2.75, 3.05) is 26.2 Å². The van der Waals surface area contributed by atoms with Crippen LogP contribution in [-0.2, 0) is 0 Å². The topological polar surface area (TPSA) is 72.9 Å². The first-order chi connectivity index (χ1) is 12.3. The third-order valence-corrected chi connectivity index (χ3v) is 4.96. The summed E-state index contributed by atoms with van der Waals surface area (Å²) in [6.07, 6.45) is 9.19. The molecule has 4 rings (SSSR count). The van der Waals surface area contributed by atoms with Crippen LogP contribution in [0.25, 0.3) is 22.3 Å². The highest BCUT2D eigenvalue weighted by molar-refractivity contribution is 5.76. The van der Waals surface area contributed by atoms with E-state index in [9.17, 15) is 0 Å². The molecule has 1 aliphatic rings.